The first-order chi connectivity index (χ1) is 18.9. The Morgan fingerprint density at radius 3 is 2.00 bits per heavy atom. The van der Waals surface area contributed by atoms with Crippen LogP contribution in [0.3, 0.4) is 0 Å². The van der Waals surface area contributed by atoms with Crippen LogP contribution in [-0.4, -0.2) is 43.8 Å². The van der Waals surface area contributed by atoms with Gasteiger partial charge in [-0.05, 0) is 73.7 Å². The van der Waals surface area contributed by atoms with Crippen molar-refractivity contribution in [1.82, 2.24) is 10.2 Å². The molecule has 1 N–H and O–H groups in total. The molecule has 0 spiro atoms. The van der Waals surface area contributed by atoms with Crippen molar-refractivity contribution in [2.24, 2.45) is 0 Å². The average molecular weight is 584 g/mol. The van der Waals surface area contributed by atoms with Gasteiger partial charge in [-0.15, -0.1) is 0 Å². The fourth-order valence-electron chi connectivity index (χ4n) is 4.36. The van der Waals surface area contributed by atoms with Crippen molar-refractivity contribution in [3.8, 4) is 0 Å². The van der Waals surface area contributed by atoms with E-state index in [4.69, 9.17) is 11.6 Å². The fraction of sp³-hybridized carbons (Fsp3) is 0.355. The van der Waals surface area contributed by atoms with Gasteiger partial charge in [-0.3, -0.25) is 13.9 Å². The summed E-state index contributed by atoms with van der Waals surface area (Å²) in [6.45, 7) is 9.28. The number of nitrogens with zero attached hydrogens (tertiary/aromatic N) is 2. The Hall–Kier alpha value is -3.36. The van der Waals surface area contributed by atoms with Gasteiger partial charge in [0.1, 0.15) is 12.6 Å². The van der Waals surface area contributed by atoms with Gasteiger partial charge in [0.15, 0.2) is 0 Å². The summed E-state index contributed by atoms with van der Waals surface area (Å²) in [5, 5.41) is 3.45. The molecule has 0 aliphatic rings. The van der Waals surface area contributed by atoms with Crippen molar-refractivity contribution in [2.75, 3.05) is 10.8 Å². The molecule has 0 radical (unpaired) electrons. The summed E-state index contributed by atoms with van der Waals surface area (Å²) < 4.78 is 28.9. The Balaban J connectivity index is 2.06. The fourth-order valence-corrected chi connectivity index (χ4v) is 5.92. The van der Waals surface area contributed by atoms with Gasteiger partial charge in [0.25, 0.3) is 10.0 Å². The number of amides is 2. The zero-order valence-electron chi connectivity index (χ0n) is 23.7. The van der Waals surface area contributed by atoms with Gasteiger partial charge in [-0.25, -0.2) is 8.42 Å². The van der Waals surface area contributed by atoms with E-state index in [9.17, 15) is 18.0 Å². The van der Waals surface area contributed by atoms with E-state index in [2.05, 4.69) is 19.2 Å². The zero-order chi connectivity index (χ0) is 29.4. The minimum Gasteiger partial charge on any atom is -0.352 e. The summed E-state index contributed by atoms with van der Waals surface area (Å²) in [6.07, 6.45) is 0.354. The molecule has 0 bridgehead atoms. The molecule has 40 heavy (non-hydrogen) atoms. The lowest BCUT2D eigenvalue weighted by Crippen LogP contribution is -2.53. The van der Waals surface area contributed by atoms with Crippen molar-refractivity contribution in [1.29, 1.82) is 0 Å². The third-order valence-corrected chi connectivity index (χ3v) is 8.58. The third-order valence-electron chi connectivity index (χ3n) is 6.54. The van der Waals surface area contributed by atoms with Crippen LogP contribution in [-0.2, 0) is 26.2 Å². The highest BCUT2D eigenvalue weighted by Crippen LogP contribution is 2.27. The van der Waals surface area contributed by atoms with E-state index in [1.807, 2.05) is 32.9 Å². The van der Waals surface area contributed by atoms with Gasteiger partial charge in [0, 0.05) is 17.6 Å². The first-order valence-corrected chi connectivity index (χ1v) is 15.3. The molecule has 0 aromatic heterocycles. The normalized spacial score (nSPS) is 12.3. The number of carbonyl (C=O) groups excluding carboxylic acids is 2. The van der Waals surface area contributed by atoms with Crippen LogP contribution in [0, 0.1) is 0 Å². The first-order valence-electron chi connectivity index (χ1n) is 13.5. The Kier molecular flexibility index (Phi) is 10.8. The molecule has 3 aromatic carbocycles. The van der Waals surface area contributed by atoms with Crippen LogP contribution >= 0.6 is 11.6 Å². The van der Waals surface area contributed by atoms with Gasteiger partial charge in [-0.1, -0.05) is 74.8 Å². The van der Waals surface area contributed by atoms with Crippen LogP contribution < -0.4 is 9.62 Å². The van der Waals surface area contributed by atoms with Crippen molar-refractivity contribution in [2.45, 2.75) is 70.5 Å². The lowest BCUT2D eigenvalue weighted by atomic mass is 10.0. The summed E-state index contributed by atoms with van der Waals surface area (Å²) in [6, 6.07) is 21.3. The summed E-state index contributed by atoms with van der Waals surface area (Å²) >= 11 is 6.07. The Morgan fingerprint density at radius 2 is 1.48 bits per heavy atom. The van der Waals surface area contributed by atoms with Gasteiger partial charge >= 0.3 is 0 Å². The molecule has 1 atom stereocenters. The van der Waals surface area contributed by atoms with Crippen molar-refractivity contribution < 1.29 is 18.0 Å². The van der Waals surface area contributed by atoms with Crippen molar-refractivity contribution in [3.05, 3.63) is 95.0 Å². The summed E-state index contributed by atoms with van der Waals surface area (Å²) in [4.78, 5) is 28.8. The maximum Gasteiger partial charge on any atom is 0.264 e. The molecule has 9 heteroatoms. The van der Waals surface area contributed by atoms with Crippen LogP contribution in [0.1, 0.15) is 58.1 Å². The number of sulfonamides is 1. The topological polar surface area (TPSA) is 86.8 Å². The predicted molar refractivity (Wildman–Crippen MR) is 161 cm³/mol. The SMILES string of the molecule is CCC(C(=O)NC(C)C)N(Cc1ccc(Cl)cc1)C(=O)CN(c1ccc(C(C)C)cc1)S(=O)(=O)c1ccccc1. The average Bonchev–Trinajstić information content (AvgIpc) is 2.92. The molecular formula is C31H38ClN3O4S. The number of carbonyl (C=O) groups is 2. The summed E-state index contributed by atoms with van der Waals surface area (Å²) in [7, 11) is -4.10. The quantitative estimate of drug-likeness (QED) is 0.284. The smallest absolute Gasteiger partial charge is 0.264 e. The lowest BCUT2D eigenvalue weighted by Gasteiger charge is -2.33. The second-order valence-corrected chi connectivity index (χ2v) is 12.6. The van der Waals surface area contributed by atoms with Crippen molar-refractivity contribution >= 4 is 39.1 Å². The standard InChI is InChI=1S/C31H38ClN3O4S/c1-6-29(31(37)33-23(4)5)34(20-24-12-16-26(32)17-13-24)30(36)21-35(27-18-14-25(15-19-27)22(2)3)40(38,39)28-10-8-7-9-11-28/h7-19,22-23,29H,6,20-21H2,1-5H3,(H,33,37). The zero-order valence-corrected chi connectivity index (χ0v) is 25.2. The number of nitrogens with one attached hydrogen (secondary N) is 1. The van der Waals surface area contributed by atoms with Gasteiger partial charge in [0.2, 0.25) is 11.8 Å². The number of benzene rings is 3. The number of halogens is 1. The molecule has 7 nitrogen and oxygen atoms in total. The first kappa shape index (κ1) is 31.2. The van der Waals surface area contributed by atoms with E-state index >= 15 is 0 Å². The monoisotopic (exact) mass is 583 g/mol. The Labute approximate surface area is 243 Å². The van der Waals surface area contributed by atoms with Crippen LogP contribution in [0.5, 0.6) is 0 Å². The molecule has 0 aliphatic heterocycles. The van der Waals surface area contributed by atoms with Crippen LogP contribution in [0.2, 0.25) is 5.02 Å². The van der Waals surface area contributed by atoms with E-state index in [0.29, 0.717) is 17.1 Å². The molecule has 0 aliphatic carbocycles. The Bertz CT molecular complexity index is 1380. The van der Waals surface area contributed by atoms with E-state index in [1.165, 1.54) is 17.0 Å². The second kappa shape index (κ2) is 13.8. The third kappa shape index (κ3) is 7.86. The minimum atomic E-state index is -4.10. The second-order valence-electron chi connectivity index (χ2n) is 10.3. The largest absolute Gasteiger partial charge is 0.352 e. The maximum absolute atomic E-state index is 14.1. The minimum absolute atomic E-state index is 0.0737. The lowest BCUT2D eigenvalue weighted by molar-refractivity contribution is -0.140. The van der Waals surface area contributed by atoms with Crippen LogP contribution in [0.15, 0.2) is 83.8 Å². The Morgan fingerprint density at radius 1 is 0.875 bits per heavy atom. The molecule has 0 saturated heterocycles. The molecule has 0 saturated carbocycles. The van der Waals surface area contributed by atoms with Gasteiger partial charge < -0.3 is 10.2 Å². The molecule has 3 aromatic rings. The molecular weight excluding hydrogens is 546 g/mol. The number of hydrogen-bond donors (Lipinski definition) is 1. The van der Waals surface area contributed by atoms with E-state index in [0.717, 1.165) is 15.4 Å². The van der Waals surface area contributed by atoms with Crippen LogP contribution in [0.25, 0.3) is 0 Å². The summed E-state index contributed by atoms with van der Waals surface area (Å²) in [5.41, 5.74) is 2.19. The molecule has 0 heterocycles. The molecule has 214 valence electrons. The number of hydrogen-bond acceptors (Lipinski definition) is 4. The maximum atomic E-state index is 14.1. The highest BCUT2D eigenvalue weighted by molar-refractivity contribution is 7.92. The van der Waals surface area contributed by atoms with E-state index in [1.54, 1.807) is 54.6 Å². The van der Waals surface area contributed by atoms with Crippen LogP contribution in [0.4, 0.5) is 5.69 Å². The molecule has 1 unspecified atom stereocenters. The highest BCUT2D eigenvalue weighted by Gasteiger charge is 2.33. The van der Waals surface area contributed by atoms with E-state index in [-0.39, 0.29) is 29.3 Å². The van der Waals surface area contributed by atoms with Gasteiger partial charge in [-0.2, -0.15) is 0 Å². The number of rotatable bonds is 12. The van der Waals surface area contributed by atoms with Crippen molar-refractivity contribution in [3.63, 3.8) is 0 Å². The predicted octanol–water partition coefficient (Wildman–Crippen LogP) is 5.99. The van der Waals surface area contributed by atoms with E-state index < -0.39 is 28.5 Å². The molecule has 2 amide bonds. The summed E-state index contributed by atoms with van der Waals surface area (Å²) in [5.74, 6) is -0.527. The molecule has 3 rings (SSSR count). The number of anilines is 1. The molecule has 0 fully saturated rings. The highest BCUT2D eigenvalue weighted by atomic mass is 35.5. The van der Waals surface area contributed by atoms with Gasteiger partial charge in [0.05, 0.1) is 10.6 Å².